The predicted octanol–water partition coefficient (Wildman–Crippen LogP) is 2.65. The molecule has 2 atom stereocenters. The van der Waals surface area contributed by atoms with Crippen molar-refractivity contribution in [2.24, 2.45) is 0 Å². The lowest BCUT2D eigenvalue weighted by atomic mass is 9.81. The van der Waals surface area contributed by atoms with Crippen LogP contribution in [0.25, 0.3) is 0 Å². The molecule has 1 aromatic rings. The molecule has 0 aromatic heterocycles. The van der Waals surface area contributed by atoms with Crippen LogP contribution in [-0.4, -0.2) is 37.6 Å². The topological polar surface area (TPSA) is 15.3 Å². The van der Waals surface area contributed by atoms with Crippen LogP contribution in [0.3, 0.4) is 0 Å². The standard InChI is InChI=1S/C16H26N2/c1-14-8-7-11-18(14)13-16(2,12-17-3)15-9-5-4-6-10-15/h4-6,9-10,14,17H,7-8,11-13H2,1-3H3. The van der Waals surface area contributed by atoms with Crippen LogP contribution in [0.5, 0.6) is 0 Å². The Labute approximate surface area is 111 Å². The Morgan fingerprint density at radius 1 is 1.33 bits per heavy atom. The highest BCUT2D eigenvalue weighted by molar-refractivity contribution is 5.25. The summed E-state index contributed by atoms with van der Waals surface area (Å²) < 4.78 is 0. The van der Waals surface area contributed by atoms with Gasteiger partial charge in [0.1, 0.15) is 0 Å². The summed E-state index contributed by atoms with van der Waals surface area (Å²) in [4.78, 5) is 2.64. The maximum absolute atomic E-state index is 3.37. The lowest BCUT2D eigenvalue weighted by Gasteiger charge is -2.36. The first-order valence-electron chi connectivity index (χ1n) is 7.10. The minimum atomic E-state index is 0.203. The van der Waals surface area contributed by atoms with Crippen LogP contribution >= 0.6 is 0 Å². The van der Waals surface area contributed by atoms with Crippen LogP contribution in [0.4, 0.5) is 0 Å². The van der Waals surface area contributed by atoms with E-state index in [0.29, 0.717) is 0 Å². The van der Waals surface area contributed by atoms with E-state index in [1.165, 1.54) is 24.9 Å². The molecule has 0 bridgehead atoms. The van der Waals surface area contributed by atoms with Gasteiger partial charge in [-0.2, -0.15) is 0 Å². The molecule has 2 rings (SSSR count). The van der Waals surface area contributed by atoms with Gasteiger partial charge in [-0.05, 0) is 38.9 Å². The zero-order valence-corrected chi connectivity index (χ0v) is 11.9. The second-order valence-corrected chi connectivity index (χ2v) is 5.92. The Kier molecular flexibility index (Phi) is 4.41. The van der Waals surface area contributed by atoms with Gasteiger partial charge in [0.15, 0.2) is 0 Å². The predicted molar refractivity (Wildman–Crippen MR) is 78.0 cm³/mol. The molecule has 0 radical (unpaired) electrons. The Hall–Kier alpha value is -0.860. The van der Waals surface area contributed by atoms with Crippen LogP contribution in [0.2, 0.25) is 0 Å². The summed E-state index contributed by atoms with van der Waals surface area (Å²) in [6.45, 7) is 8.17. The SMILES string of the molecule is CNCC(C)(CN1CCCC1C)c1ccccc1. The number of hydrogen-bond acceptors (Lipinski definition) is 2. The lowest BCUT2D eigenvalue weighted by Crippen LogP contribution is -2.45. The summed E-state index contributed by atoms with van der Waals surface area (Å²) in [7, 11) is 2.05. The molecule has 100 valence electrons. The average molecular weight is 246 g/mol. The van der Waals surface area contributed by atoms with E-state index in [-0.39, 0.29) is 5.41 Å². The van der Waals surface area contributed by atoms with Gasteiger partial charge in [0, 0.05) is 24.5 Å². The van der Waals surface area contributed by atoms with Crippen LogP contribution in [-0.2, 0) is 5.41 Å². The molecule has 1 heterocycles. The van der Waals surface area contributed by atoms with Crippen molar-refractivity contribution < 1.29 is 0 Å². The van der Waals surface area contributed by atoms with Crippen LogP contribution in [0.1, 0.15) is 32.3 Å². The zero-order valence-electron chi connectivity index (χ0n) is 11.9. The van der Waals surface area contributed by atoms with Crippen molar-refractivity contribution in [2.45, 2.75) is 38.1 Å². The van der Waals surface area contributed by atoms with E-state index in [1.54, 1.807) is 0 Å². The van der Waals surface area contributed by atoms with E-state index >= 15 is 0 Å². The molecular formula is C16H26N2. The second kappa shape index (κ2) is 5.85. The van der Waals surface area contributed by atoms with Gasteiger partial charge in [-0.1, -0.05) is 37.3 Å². The van der Waals surface area contributed by atoms with Crippen molar-refractivity contribution in [1.29, 1.82) is 0 Å². The summed E-state index contributed by atoms with van der Waals surface area (Å²) >= 11 is 0. The van der Waals surface area contributed by atoms with Gasteiger partial charge in [-0.25, -0.2) is 0 Å². The highest BCUT2D eigenvalue weighted by atomic mass is 15.2. The summed E-state index contributed by atoms with van der Waals surface area (Å²) in [6.07, 6.45) is 2.70. The van der Waals surface area contributed by atoms with Gasteiger partial charge < -0.3 is 5.32 Å². The third-order valence-electron chi connectivity index (χ3n) is 4.28. The van der Waals surface area contributed by atoms with Crippen molar-refractivity contribution >= 4 is 0 Å². The summed E-state index contributed by atoms with van der Waals surface area (Å²) in [6, 6.07) is 11.7. The molecule has 1 saturated heterocycles. The second-order valence-electron chi connectivity index (χ2n) is 5.92. The number of hydrogen-bond donors (Lipinski definition) is 1. The van der Waals surface area contributed by atoms with Gasteiger partial charge in [-0.15, -0.1) is 0 Å². The molecule has 18 heavy (non-hydrogen) atoms. The first-order valence-corrected chi connectivity index (χ1v) is 7.10. The van der Waals surface area contributed by atoms with Crippen molar-refractivity contribution in [3.05, 3.63) is 35.9 Å². The number of benzene rings is 1. The van der Waals surface area contributed by atoms with Gasteiger partial charge in [0.05, 0.1) is 0 Å². The molecule has 1 N–H and O–H groups in total. The van der Waals surface area contributed by atoms with Gasteiger partial charge in [0.25, 0.3) is 0 Å². The smallest absolute Gasteiger partial charge is 0.0177 e. The van der Waals surface area contributed by atoms with Crippen molar-refractivity contribution in [2.75, 3.05) is 26.7 Å². The summed E-state index contributed by atoms with van der Waals surface area (Å²) in [5, 5.41) is 3.37. The quantitative estimate of drug-likeness (QED) is 0.859. The first kappa shape index (κ1) is 13.6. The molecule has 1 aromatic carbocycles. The molecule has 2 nitrogen and oxygen atoms in total. The third-order valence-corrected chi connectivity index (χ3v) is 4.28. The lowest BCUT2D eigenvalue weighted by molar-refractivity contribution is 0.207. The highest BCUT2D eigenvalue weighted by Crippen LogP contribution is 2.28. The Bertz CT molecular complexity index is 363. The number of nitrogens with zero attached hydrogens (tertiary/aromatic N) is 1. The third kappa shape index (κ3) is 2.93. The molecule has 2 heteroatoms. The first-order chi connectivity index (χ1) is 8.65. The summed E-state index contributed by atoms with van der Waals surface area (Å²) in [5.41, 5.74) is 1.65. The van der Waals surface area contributed by atoms with Crippen molar-refractivity contribution in [3.8, 4) is 0 Å². The van der Waals surface area contributed by atoms with Crippen molar-refractivity contribution in [1.82, 2.24) is 10.2 Å². The van der Waals surface area contributed by atoms with E-state index < -0.39 is 0 Å². The largest absolute Gasteiger partial charge is 0.319 e. The molecule has 1 aliphatic heterocycles. The minimum Gasteiger partial charge on any atom is -0.319 e. The molecule has 2 unspecified atom stereocenters. The van der Waals surface area contributed by atoms with E-state index in [4.69, 9.17) is 0 Å². The number of likely N-dealkylation sites (N-methyl/N-ethyl adjacent to an activating group) is 1. The molecular weight excluding hydrogens is 220 g/mol. The van der Waals surface area contributed by atoms with Gasteiger partial charge in [0.2, 0.25) is 0 Å². The summed E-state index contributed by atoms with van der Waals surface area (Å²) in [5.74, 6) is 0. The number of likely N-dealkylation sites (tertiary alicyclic amines) is 1. The fourth-order valence-corrected chi connectivity index (χ4v) is 3.16. The van der Waals surface area contributed by atoms with Crippen LogP contribution < -0.4 is 5.32 Å². The molecule has 1 fully saturated rings. The van der Waals surface area contributed by atoms with E-state index in [2.05, 4.69) is 61.4 Å². The Morgan fingerprint density at radius 2 is 2.06 bits per heavy atom. The molecule has 0 spiro atoms. The Morgan fingerprint density at radius 3 is 2.61 bits per heavy atom. The van der Waals surface area contributed by atoms with Crippen LogP contribution in [0.15, 0.2) is 30.3 Å². The minimum absolute atomic E-state index is 0.203. The van der Waals surface area contributed by atoms with Crippen molar-refractivity contribution in [3.63, 3.8) is 0 Å². The maximum Gasteiger partial charge on any atom is 0.0177 e. The van der Waals surface area contributed by atoms with E-state index in [9.17, 15) is 0 Å². The highest BCUT2D eigenvalue weighted by Gasteiger charge is 2.32. The number of rotatable bonds is 5. The van der Waals surface area contributed by atoms with Gasteiger partial charge in [-0.3, -0.25) is 4.90 Å². The van der Waals surface area contributed by atoms with E-state index in [1.807, 2.05) is 0 Å². The maximum atomic E-state index is 3.37. The fraction of sp³-hybridized carbons (Fsp3) is 0.625. The zero-order chi connectivity index (χ0) is 13.0. The van der Waals surface area contributed by atoms with Gasteiger partial charge >= 0.3 is 0 Å². The monoisotopic (exact) mass is 246 g/mol. The normalized spacial score (nSPS) is 24.1. The van der Waals surface area contributed by atoms with Crippen LogP contribution in [0, 0.1) is 0 Å². The number of nitrogens with one attached hydrogen (secondary N) is 1. The molecule has 1 aliphatic rings. The molecule has 0 aliphatic carbocycles. The molecule has 0 saturated carbocycles. The average Bonchev–Trinajstić information content (AvgIpc) is 2.76. The fourth-order valence-electron chi connectivity index (χ4n) is 3.16. The Balaban J connectivity index is 2.16. The van der Waals surface area contributed by atoms with E-state index in [0.717, 1.165) is 19.1 Å². The molecule has 0 amide bonds.